The highest BCUT2D eigenvalue weighted by molar-refractivity contribution is 7.91. The number of rotatable bonds is 4. The molecule has 0 radical (unpaired) electrons. The Morgan fingerprint density at radius 1 is 1.13 bits per heavy atom. The molecule has 0 unspecified atom stereocenters. The van der Waals surface area contributed by atoms with Gasteiger partial charge in [-0.05, 0) is 76.0 Å². The minimum Gasteiger partial charge on any atom is -0.443 e. The fraction of sp³-hybridized carbons (Fsp3) is 0.522. The van der Waals surface area contributed by atoms with E-state index < -0.39 is 15.4 Å². The summed E-state index contributed by atoms with van der Waals surface area (Å²) in [6, 6.07) is 6.90. The maximum absolute atomic E-state index is 13.0. The van der Waals surface area contributed by atoms with E-state index in [-0.39, 0.29) is 11.8 Å². The van der Waals surface area contributed by atoms with Crippen molar-refractivity contribution in [1.29, 1.82) is 0 Å². The SMILES string of the molecule is CCS(=O)(=O)c1ccc(C2=CC=C(C3CCNCC3)N(C(=O)OC(C)(C)C)C2)cc1. The third kappa shape index (κ3) is 5.32. The van der Waals surface area contributed by atoms with Gasteiger partial charge in [0.1, 0.15) is 5.60 Å². The molecule has 164 valence electrons. The molecule has 1 saturated heterocycles. The third-order valence-electron chi connectivity index (χ3n) is 5.43. The number of piperidine rings is 1. The molecule has 30 heavy (non-hydrogen) atoms. The molecule has 0 aliphatic carbocycles. The number of benzene rings is 1. The van der Waals surface area contributed by atoms with Crippen molar-refractivity contribution in [2.45, 2.75) is 51.0 Å². The number of allylic oxidation sites excluding steroid dienone is 3. The maximum Gasteiger partial charge on any atom is 0.414 e. The number of nitrogens with one attached hydrogen (secondary N) is 1. The lowest BCUT2D eigenvalue weighted by atomic mass is 9.90. The van der Waals surface area contributed by atoms with Crippen LogP contribution >= 0.6 is 0 Å². The summed E-state index contributed by atoms with van der Waals surface area (Å²) in [6.07, 6.45) is 5.69. The van der Waals surface area contributed by atoms with Gasteiger partial charge in [-0.25, -0.2) is 13.2 Å². The highest BCUT2D eigenvalue weighted by atomic mass is 32.2. The van der Waals surface area contributed by atoms with Crippen LogP contribution in [0.4, 0.5) is 4.79 Å². The Hall–Kier alpha value is -2.12. The lowest BCUT2D eigenvalue weighted by Gasteiger charge is -2.36. The lowest BCUT2D eigenvalue weighted by Crippen LogP contribution is -2.42. The van der Waals surface area contributed by atoms with E-state index in [0.29, 0.717) is 17.4 Å². The molecule has 2 heterocycles. The molecule has 6 nitrogen and oxygen atoms in total. The fourth-order valence-electron chi connectivity index (χ4n) is 3.78. The minimum atomic E-state index is -3.24. The molecular weight excluding hydrogens is 400 g/mol. The Bertz CT molecular complexity index is 934. The van der Waals surface area contributed by atoms with Crippen LogP contribution < -0.4 is 5.32 Å². The van der Waals surface area contributed by atoms with Crippen LogP contribution in [0.2, 0.25) is 0 Å². The van der Waals surface area contributed by atoms with Crippen molar-refractivity contribution in [2.75, 3.05) is 25.4 Å². The van der Waals surface area contributed by atoms with E-state index >= 15 is 0 Å². The number of carbonyl (C=O) groups is 1. The van der Waals surface area contributed by atoms with Gasteiger partial charge in [-0.15, -0.1) is 0 Å². The maximum atomic E-state index is 13.0. The number of hydrogen-bond acceptors (Lipinski definition) is 5. The first kappa shape index (κ1) is 22.6. The summed E-state index contributed by atoms with van der Waals surface area (Å²) in [5.74, 6) is 0.387. The van der Waals surface area contributed by atoms with Crippen LogP contribution in [0.1, 0.15) is 46.1 Å². The predicted molar refractivity (Wildman–Crippen MR) is 119 cm³/mol. The van der Waals surface area contributed by atoms with Crippen LogP contribution in [0.25, 0.3) is 5.57 Å². The summed E-state index contributed by atoms with van der Waals surface area (Å²) in [6.45, 7) is 9.52. The molecule has 1 N–H and O–H groups in total. The summed E-state index contributed by atoms with van der Waals surface area (Å²) in [5.41, 5.74) is 2.28. The topological polar surface area (TPSA) is 75.7 Å². The van der Waals surface area contributed by atoms with Gasteiger partial charge >= 0.3 is 6.09 Å². The molecule has 2 aliphatic heterocycles. The second-order valence-corrected chi connectivity index (χ2v) is 11.1. The average Bonchev–Trinajstić information content (AvgIpc) is 2.73. The van der Waals surface area contributed by atoms with Gasteiger partial charge < -0.3 is 10.1 Å². The Morgan fingerprint density at radius 2 is 1.77 bits per heavy atom. The molecule has 2 aliphatic rings. The average molecular weight is 433 g/mol. The first-order chi connectivity index (χ1) is 14.1. The minimum absolute atomic E-state index is 0.0732. The van der Waals surface area contributed by atoms with Crippen LogP contribution in [0.5, 0.6) is 0 Å². The van der Waals surface area contributed by atoms with E-state index in [1.54, 1.807) is 24.0 Å². The van der Waals surface area contributed by atoms with Crippen LogP contribution in [-0.2, 0) is 14.6 Å². The third-order valence-corrected chi connectivity index (χ3v) is 7.18. The largest absolute Gasteiger partial charge is 0.443 e. The number of carbonyl (C=O) groups excluding carboxylic acids is 1. The molecule has 0 saturated carbocycles. The number of sulfone groups is 1. The van der Waals surface area contributed by atoms with E-state index in [1.165, 1.54) is 0 Å². The molecule has 1 fully saturated rings. The van der Waals surface area contributed by atoms with E-state index in [4.69, 9.17) is 4.74 Å². The Labute approximate surface area is 179 Å². The smallest absolute Gasteiger partial charge is 0.414 e. The highest BCUT2D eigenvalue weighted by Gasteiger charge is 2.32. The van der Waals surface area contributed by atoms with Crippen LogP contribution in [-0.4, -0.2) is 50.4 Å². The summed E-state index contributed by atoms with van der Waals surface area (Å²) < 4.78 is 29.8. The molecule has 1 aromatic rings. The number of hydrogen-bond donors (Lipinski definition) is 1. The molecule has 0 aromatic heterocycles. The zero-order valence-electron chi connectivity index (χ0n) is 18.3. The molecule has 3 rings (SSSR count). The van der Waals surface area contributed by atoms with Gasteiger partial charge in [0.25, 0.3) is 0 Å². The van der Waals surface area contributed by atoms with Crippen molar-refractivity contribution < 1.29 is 17.9 Å². The van der Waals surface area contributed by atoms with Crippen molar-refractivity contribution in [2.24, 2.45) is 5.92 Å². The van der Waals surface area contributed by atoms with E-state index in [2.05, 4.69) is 5.32 Å². The Balaban J connectivity index is 1.90. The summed E-state index contributed by atoms with van der Waals surface area (Å²) in [5, 5.41) is 3.37. The van der Waals surface area contributed by atoms with Gasteiger partial charge in [-0.1, -0.05) is 25.1 Å². The normalized spacial score (nSPS) is 18.6. The van der Waals surface area contributed by atoms with Gasteiger partial charge in [0.05, 0.1) is 17.2 Å². The fourth-order valence-corrected chi connectivity index (χ4v) is 4.67. The second-order valence-electron chi connectivity index (χ2n) is 8.80. The van der Waals surface area contributed by atoms with Crippen molar-refractivity contribution in [3.8, 4) is 0 Å². The highest BCUT2D eigenvalue weighted by Crippen LogP contribution is 2.32. The summed E-state index contributed by atoms with van der Waals surface area (Å²) >= 11 is 0. The summed E-state index contributed by atoms with van der Waals surface area (Å²) in [7, 11) is -3.24. The molecule has 1 amide bonds. The van der Waals surface area contributed by atoms with Gasteiger partial charge in [0, 0.05) is 11.6 Å². The first-order valence-corrected chi connectivity index (χ1v) is 12.2. The van der Waals surface area contributed by atoms with E-state index in [9.17, 15) is 13.2 Å². The second kappa shape index (κ2) is 8.94. The van der Waals surface area contributed by atoms with Gasteiger partial charge in [-0.2, -0.15) is 0 Å². The first-order valence-electron chi connectivity index (χ1n) is 10.6. The molecular formula is C23H32N2O4S. The standard InChI is InChI=1S/C23H32N2O4S/c1-5-30(27,28)20-9-6-17(7-10-20)19-8-11-21(18-12-14-24-15-13-18)25(16-19)22(26)29-23(2,3)4/h6-11,18,24H,5,12-16H2,1-4H3. The van der Waals surface area contributed by atoms with Crippen LogP contribution in [0.3, 0.4) is 0 Å². The monoisotopic (exact) mass is 432 g/mol. The zero-order valence-corrected chi connectivity index (χ0v) is 19.1. The predicted octanol–water partition coefficient (Wildman–Crippen LogP) is 4.00. The molecule has 0 atom stereocenters. The Morgan fingerprint density at radius 3 is 2.33 bits per heavy atom. The summed E-state index contributed by atoms with van der Waals surface area (Å²) in [4.78, 5) is 15.1. The van der Waals surface area contributed by atoms with Crippen molar-refractivity contribution in [3.05, 3.63) is 47.7 Å². The Kier molecular flexibility index (Phi) is 6.72. The molecule has 0 bridgehead atoms. The van der Waals surface area contributed by atoms with E-state index in [1.807, 2.05) is 45.1 Å². The quantitative estimate of drug-likeness (QED) is 0.778. The van der Waals surface area contributed by atoms with E-state index in [0.717, 1.165) is 42.8 Å². The number of nitrogens with zero attached hydrogens (tertiary/aromatic N) is 1. The molecule has 0 spiro atoms. The number of amides is 1. The van der Waals surface area contributed by atoms with Crippen molar-refractivity contribution in [1.82, 2.24) is 10.2 Å². The van der Waals surface area contributed by atoms with Gasteiger partial charge in [-0.3, -0.25) is 4.90 Å². The zero-order chi connectivity index (χ0) is 21.9. The molecule has 1 aromatic carbocycles. The van der Waals surface area contributed by atoms with Crippen LogP contribution in [0, 0.1) is 5.92 Å². The lowest BCUT2D eigenvalue weighted by molar-refractivity contribution is 0.0309. The van der Waals surface area contributed by atoms with Crippen LogP contribution in [0.15, 0.2) is 47.0 Å². The number of ether oxygens (including phenoxy) is 1. The van der Waals surface area contributed by atoms with Gasteiger partial charge in [0.15, 0.2) is 9.84 Å². The van der Waals surface area contributed by atoms with Crippen molar-refractivity contribution >= 4 is 21.5 Å². The van der Waals surface area contributed by atoms with Gasteiger partial charge in [0.2, 0.25) is 0 Å². The van der Waals surface area contributed by atoms with Crippen molar-refractivity contribution in [3.63, 3.8) is 0 Å². The molecule has 7 heteroatoms.